The first-order valence-electron chi connectivity index (χ1n) is 7.28. The second-order valence-electron chi connectivity index (χ2n) is 5.86. The van der Waals surface area contributed by atoms with Crippen molar-refractivity contribution < 1.29 is 9.90 Å². The Morgan fingerprint density at radius 2 is 1.85 bits per heavy atom. The molecule has 4 heteroatoms. The van der Waals surface area contributed by atoms with E-state index in [4.69, 9.17) is 5.11 Å². The van der Waals surface area contributed by atoms with Crippen molar-refractivity contribution >= 4 is 27.6 Å². The number of anilines is 1. The summed E-state index contributed by atoms with van der Waals surface area (Å²) in [5, 5.41) is 9.14. The predicted molar refractivity (Wildman–Crippen MR) is 85.6 cm³/mol. The Balaban J connectivity index is 2.13. The minimum absolute atomic E-state index is 0.345. The summed E-state index contributed by atoms with van der Waals surface area (Å²) in [5.74, 6) is -0.874. The summed E-state index contributed by atoms with van der Waals surface area (Å²) in [6.45, 7) is 6.57. The minimum atomic E-state index is -0.874. The van der Waals surface area contributed by atoms with Gasteiger partial charge in [-0.15, -0.1) is 0 Å². The first-order valence-corrected chi connectivity index (χ1v) is 8.08. The molecular formula is C16H22BrNO2. The number of carboxylic acids is 1. The van der Waals surface area contributed by atoms with Gasteiger partial charge in [-0.3, -0.25) is 0 Å². The van der Waals surface area contributed by atoms with Crippen LogP contribution in [0.2, 0.25) is 0 Å². The Morgan fingerprint density at radius 3 is 2.35 bits per heavy atom. The third kappa shape index (κ3) is 3.17. The van der Waals surface area contributed by atoms with Gasteiger partial charge in [-0.05, 0) is 31.0 Å². The zero-order chi connectivity index (χ0) is 14.8. The molecule has 0 saturated carbocycles. The topological polar surface area (TPSA) is 40.5 Å². The summed E-state index contributed by atoms with van der Waals surface area (Å²) in [6, 6.07) is 5.43. The molecule has 1 N–H and O–H groups in total. The third-order valence-electron chi connectivity index (χ3n) is 4.11. The average Bonchev–Trinajstić information content (AvgIpc) is 2.34. The summed E-state index contributed by atoms with van der Waals surface area (Å²) < 4.78 is 0.830. The van der Waals surface area contributed by atoms with E-state index in [-0.39, 0.29) is 0 Å². The van der Waals surface area contributed by atoms with Gasteiger partial charge in [0.25, 0.3) is 0 Å². The molecule has 1 fully saturated rings. The van der Waals surface area contributed by atoms with E-state index in [1.54, 1.807) is 12.1 Å². The maximum absolute atomic E-state index is 11.1. The number of carboxylic acid groups (broad SMARTS) is 1. The molecule has 0 radical (unpaired) electrons. The van der Waals surface area contributed by atoms with Gasteiger partial charge in [0.2, 0.25) is 0 Å². The van der Waals surface area contributed by atoms with Crippen LogP contribution < -0.4 is 4.90 Å². The molecule has 0 spiro atoms. The molecule has 20 heavy (non-hydrogen) atoms. The number of hydrogen-bond donors (Lipinski definition) is 1. The number of rotatable bonds is 6. The van der Waals surface area contributed by atoms with Gasteiger partial charge in [0.05, 0.1) is 5.56 Å². The molecule has 0 atom stereocenters. The highest BCUT2D eigenvalue weighted by molar-refractivity contribution is 9.10. The quantitative estimate of drug-likeness (QED) is 0.826. The molecule has 1 heterocycles. The molecule has 1 aromatic carbocycles. The summed E-state index contributed by atoms with van der Waals surface area (Å²) in [4.78, 5) is 13.4. The number of benzene rings is 1. The van der Waals surface area contributed by atoms with Crippen molar-refractivity contribution in [2.75, 3.05) is 18.0 Å². The number of hydrogen-bond acceptors (Lipinski definition) is 2. The molecule has 0 amide bonds. The minimum Gasteiger partial charge on any atom is -0.478 e. The van der Waals surface area contributed by atoms with Crippen LogP contribution in [0.25, 0.3) is 0 Å². The fourth-order valence-corrected chi connectivity index (χ4v) is 3.81. The maximum Gasteiger partial charge on any atom is 0.335 e. The predicted octanol–water partition coefficient (Wildman–Crippen LogP) is 4.55. The molecular weight excluding hydrogens is 318 g/mol. The molecule has 0 aromatic heterocycles. The van der Waals surface area contributed by atoms with E-state index in [1.165, 1.54) is 25.7 Å². The van der Waals surface area contributed by atoms with E-state index >= 15 is 0 Å². The lowest BCUT2D eigenvalue weighted by Gasteiger charge is -2.52. The van der Waals surface area contributed by atoms with Crippen molar-refractivity contribution in [3.8, 4) is 0 Å². The van der Waals surface area contributed by atoms with Crippen LogP contribution in [0.5, 0.6) is 0 Å². The molecule has 3 nitrogen and oxygen atoms in total. The maximum atomic E-state index is 11.1. The van der Waals surface area contributed by atoms with E-state index in [0.29, 0.717) is 11.0 Å². The average molecular weight is 340 g/mol. The highest BCUT2D eigenvalue weighted by Gasteiger charge is 2.41. The smallest absolute Gasteiger partial charge is 0.335 e. The van der Waals surface area contributed by atoms with Crippen LogP contribution in [0.1, 0.15) is 49.9 Å². The fraction of sp³-hybridized carbons (Fsp3) is 0.562. The van der Waals surface area contributed by atoms with Gasteiger partial charge in [0.15, 0.2) is 0 Å². The van der Waals surface area contributed by atoms with E-state index in [0.717, 1.165) is 23.2 Å². The van der Waals surface area contributed by atoms with Gasteiger partial charge >= 0.3 is 5.97 Å². The van der Waals surface area contributed by atoms with E-state index in [1.807, 2.05) is 6.07 Å². The van der Waals surface area contributed by atoms with Gasteiger partial charge in [-0.2, -0.15) is 0 Å². The summed E-state index contributed by atoms with van der Waals surface area (Å²) >= 11 is 3.40. The van der Waals surface area contributed by atoms with Crippen molar-refractivity contribution in [2.45, 2.75) is 39.5 Å². The summed E-state index contributed by atoms with van der Waals surface area (Å²) in [7, 11) is 0. The Kier molecular flexibility index (Phi) is 4.74. The zero-order valence-corrected chi connectivity index (χ0v) is 13.7. The van der Waals surface area contributed by atoms with Crippen LogP contribution in [-0.2, 0) is 0 Å². The van der Waals surface area contributed by atoms with E-state index in [9.17, 15) is 4.79 Å². The van der Waals surface area contributed by atoms with Gasteiger partial charge in [0, 0.05) is 28.7 Å². The Labute approximate surface area is 129 Å². The molecule has 1 aliphatic heterocycles. The van der Waals surface area contributed by atoms with E-state index in [2.05, 4.69) is 34.7 Å². The number of nitrogens with zero attached hydrogens (tertiary/aromatic N) is 1. The Hall–Kier alpha value is -1.03. The van der Waals surface area contributed by atoms with Gasteiger partial charge < -0.3 is 10.0 Å². The monoisotopic (exact) mass is 339 g/mol. The molecule has 0 bridgehead atoms. The highest BCUT2D eigenvalue weighted by atomic mass is 79.9. The second kappa shape index (κ2) is 6.17. The lowest BCUT2D eigenvalue weighted by Crippen LogP contribution is -2.56. The Morgan fingerprint density at radius 1 is 1.25 bits per heavy atom. The number of halogens is 1. The molecule has 0 unspecified atom stereocenters. The third-order valence-corrected chi connectivity index (χ3v) is 4.57. The summed E-state index contributed by atoms with van der Waals surface area (Å²) in [5.41, 5.74) is 1.80. The van der Waals surface area contributed by atoms with Crippen LogP contribution in [0, 0.1) is 5.41 Å². The summed E-state index contributed by atoms with van der Waals surface area (Å²) in [6.07, 6.45) is 4.95. The molecule has 110 valence electrons. The van der Waals surface area contributed by atoms with Crippen molar-refractivity contribution in [1.82, 2.24) is 0 Å². The fourth-order valence-electron chi connectivity index (χ4n) is 3.33. The van der Waals surface area contributed by atoms with Crippen LogP contribution in [-0.4, -0.2) is 24.2 Å². The van der Waals surface area contributed by atoms with Crippen molar-refractivity contribution in [2.24, 2.45) is 5.41 Å². The SMILES string of the molecule is CCCC1(CCC)CN(c2cc(Br)cc(C(=O)O)c2)C1. The number of carbonyl (C=O) groups is 1. The molecule has 2 rings (SSSR count). The van der Waals surface area contributed by atoms with Crippen LogP contribution in [0.15, 0.2) is 22.7 Å². The molecule has 0 aliphatic carbocycles. The number of aromatic carboxylic acids is 1. The normalized spacial score (nSPS) is 16.9. The first-order chi connectivity index (χ1) is 9.49. The van der Waals surface area contributed by atoms with Gasteiger partial charge in [-0.1, -0.05) is 42.6 Å². The van der Waals surface area contributed by atoms with Gasteiger partial charge in [0.1, 0.15) is 0 Å². The highest BCUT2D eigenvalue weighted by Crippen LogP contribution is 2.42. The lowest BCUT2D eigenvalue weighted by molar-refractivity contribution is 0.0697. The largest absolute Gasteiger partial charge is 0.478 e. The standard InChI is InChI=1S/C16H22BrNO2/c1-3-5-16(6-4-2)10-18(11-16)14-8-12(15(19)20)7-13(17)9-14/h7-9H,3-6,10-11H2,1-2H3,(H,19,20). The molecule has 1 aromatic rings. The lowest BCUT2D eigenvalue weighted by atomic mass is 9.72. The van der Waals surface area contributed by atoms with Crippen LogP contribution in [0.4, 0.5) is 5.69 Å². The van der Waals surface area contributed by atoms with Crippen molar-refractivity contribution in [1.29, 1.82) is 0 Å². The van der Waals surface area contributed by atoms with Gasteiger partial charge in [-0.25, -0.2) is 4.79 Å². The van der Waals surface area contributed by atoms with Crippen LogP contribution in [0.3, 0.4) is 0 Å². The molecule has 1 saturated heterocycles. The van der Waals surface area contributed by atoms with Crippen molar-refractivity contribution in [3.05, 3.63) is 28.2 Å². The first kappa shape index (κ1) is 15.4. The Bertz CT molecular complexity index is 487. The zero-order valence-electron chi connectivity index (χ0n) is 12.2. The van der Waals surface area contributed by atoms with Crippen LogP contribution >= 0.6 is 15.9 Å². The second-order valence-corrected chi connectivity index (χ2v) is 6.77. The van der Waals surface area contributed by atoms with E-state index < -0.39 is 5.97 Å². The molecule has 1 aliphatic rings. The van der Waals surface area contributed by atoms with Crippen molar-refractivity contribution in [3.63, 3.8) is 0 Å².